The Labute approximate surface area is 152 Å². The molecular weight excluding hydrogens is 336 g/mol. The van der Waals surface area contributed by atoms with Gasteiger partial charge in [-0.1, -0.05) is 30.3 Å². The highest BCUT2D eigenvalue weighted by atomic mass is 16.6. The molecule has 0 fully saturated rings. The molecule has 2 aromatic rings. The van der Waals surface area contributed by atoms with Crippen LogP contribution in [0.15, 0.2) is 36.5 Å². The number of nitrogens with one attached hydrogen (secondary N) is 1. The number of nitro groups is 1. The second kappa shape index (κ2) is 10.3. The highest BCUT2D eigenvalue weighted by Gasteiger charge is 2.15. The molecule has 0 aliphatic carbocycles. The Bertz CT molecular complexity index is 715. The maximum absolute atomic E-state index is 11.8. The lowest BCUT2D eigenvalue weighted by Gasteiger charge is -2.07. The average molecular weight is 360 g/mol. The normalized spacial score (nSPS) is 10.7. The third-order valence-corrected chi connectivity index (χ3v) is 3.90. The van der Waals surface area contributed by atoms with Gasteiger partial charge in [-0.2, -0.15) is 0 Å². The van der Waals surface area contributed by atoms with Gasteiger partial charge in [0.25, 0.3) is 0 Å². The molecular formula is C18H24N4O4. The van der Waals surface area contributed by atoms with Gasteiger partial charge in [-0.3, -0.25) is 4.79 Å². The Morgan fingerprint density at radius 2 is 2.08 bits per heavy atom. The standard InChI is InChI=1S/C18H24N4O4/c1-15-20-17(22(24)25)14-21(15)11-8-18(23)19-10-5-12-26-13-9-16-6-3-2-4-7-16/h2-4,6-7,14H,5,8-13H2,1H3,(H,19,23). The number of hydrogen-bond donors (Lipinski definition) is 1. The molecule has 0 radical (unpaired) electrons. The summed E-state index contributed by atoms with van der Waals surface area (Å²) in [7, 11) is 0. The molecule has 8 nitrogen and oxygen atoms in total. The molecule has 2 rings (SSSR count). The Kier molecular flexibility index (Phi) is 7.75. The predicted octanol–water partition coefficient (Wildman–Crippen LogP) is 2.26. The molecule has 0 saturated carbocycles. The Balaban J connectivity index is 1.53. The third-order valence-electron chi connectivity index (χ3n) is 3.90. The first-order chi connectivity index (χ1) is 12.6. The molecule has 140 valence electrons. The Hall–Kier alpha value is -2.74. The molecule has 0 bridgehead atoms. The summed E-state index contributed by atoms with van der Waals surface area (Å²) in [6.07, 6.45) is 3.23. The maximum Gasteiger partial charge on any atom is 0.381 e. The van der Waals surface area contributed by atoms with E-state index >= 15 is 0 Å². The quantitative estimate of drug-likeness (QED) is 0.376. The van der Waals surface area contributed by atoms with Crippen molar-refractivity contribution in [3.8, 4) is 0 Å². The van der Waals surface area contributed by atoms with E-state index in [1.54, 1.807) is 11.5 Å². The zero-order valence-electron chi connectivity index (χ0n) is 14.9. The van der Waals surface area contributed by atoms with Gasteiger partial charge in [0.1, 0.15) is 6.20 Å². The molecule has 1 amide bonds. The smallest absolute Gasteiger partial charge is 0.381 e. The minimum Gasteiger partial charge on any atom is -0.381 e. The van der Waals surface area contributed by atoms with E-state index in [1.807, 2.05) is 18.2 Å². The van der Waals surface area contributed by atoms with Crippen molar-refractivity contribution < 1.29 is 14.5 Å². The molecule has 0 aliphatic heterocycles. The SMILES string of the molecule is Cc1nc([N+](=O)[O-])cn1CCC(=O)NCCCOCCc1ccccc1. The first-order valence-corrected chi connectivity index (χ1v) is 8.63. The highest BCUT2D eigenvalue weighted by Crippen LogP contribution is 2.10. The van der Waals surface area contributed by atoms with Crippen LogP contribution in [0.4, 0.5) is 5.82 Å². The van der Waals surface area contributed by atoms with Crippen LogP contribution >= 0.6 is 0 Å². The van der Waals surface area contributed by atoms with Crippen molar-refractivity contribution >= 4 is 11.7 Å². The lowest BCUT2D eigenvalue weighted by atomic mass is 10.2. The second-order valence-electron chi connectivity index (χ2n) is 5.90. The molecule has 0 spiro atoms. The summed E-state index contributed by atoms with van der Waals surface area (Å²) in [5.41, 5.74) is 1.25. The van der Waals surface area contributed by atoms with Crippen LogP contribution in [-0.2, 0) is 22.5 Å². The zero-order chi connectivity index (χ0) is 18.8. The van der Waals surface area contributed by atoms with Gasteiger partial charge in [0.15, 0.2) is 0 Å². The van der Waals surface area contributed by atoms with Gasteiger partial charge >= 0.3 is 5.82 Å². The fourth-order valence-electron chi connectivity index (χ4n) is 2.46. The van der Waals surface area contributed by atoms with E-state index in [0.29, 0.717) is 32.1 Å². The maximum atomic E-state index is 11.8. The van der Waals surface area contributed by atoms with Crippen molar-refractivity contribution in [2.75, 3.05) is 19.8 Å². The second-order valence-corrected chi connectivity index (χ2v) is 5.90. The third kappa shape index (κ3) is 6.64. The van der Waals surface area contributed by atoms with Crippen LogP contribution in [0.25, 0.3) is 0 Å². The van der Waals surface area contributed by atoms with Gasteiger partial charge < -0.3 is 24.7 Å². The summed E-state index contributed by atoms with van der Waals surface area (Å²) in [6, 6.07) is 10.1. The van der Waals surface area contributed by atoms with Crippen LogP contribution in [0.1, 0.15) is 24.2 Å². The van der Waals surface area contributed by atoms with Crippen molar-refractivity contribution in [2.24, 2.45) is 0 Å². The van der Waals surface area contributed by atoms with Crippen LogP contribution < -0.4 is 5.32 Å². The minimum absolute atomic E-state index is 0.0926. The van der Waals surface area contributed by atoms with Crippen LogP contribution in [0.5, 0.6) is 0 Å². The van der Waals surface area contributed by atoms with E-state index in [2.05, 4.69) is 22.4 Å². The number of imidazole rings is 1. The monoisotopic (exact) mass is 360 g/mol. The van der Waals surface area contributed by atoms with E-state index in [1.165, 1.54) is 11.8 Å². The van der Waals surface area contributed by atoms with Crippen molar-refractivity contribution in [3.63, 3.8) is 0 Å². The van der Waals surface area contributed by atoms with Gasteiger partial charge in [-0.05, 0) is 28.3 Å². The first-order valence-electron chi connectivity index (χ1n) is 8.63. The summed E-state index contributed by atoms with van der Waals surface area (Å²) in [5.74, 6) is 0.233. The predicted molar refractivity (Wildman–Crippen MR) is 96.8 cm³/mol. The molecule has 1 N–H and O–H groups in total. The molecule has 0 aliphatic rings. The van der Waals surface area contributed by atoms with Crippen LogP contribution in [0, 0.1) is 17.0 Å². The van der Waals surface area contributed by atoms with Gasteiger partial charge in [-0.15, -0.1) is 0 Å². The van der Waals surface area contributed by atoms with E-state index in [9.17, 15) is 14.9 Å². The highest BCUT2D eigenvalue weighted by molar-refractivity contribution is 5.75. The summed E-state index contributed by atoms with van der Waals surface area (Å²) in [4.78, 5) is 25.8. The van der Waals surface area contributed by atoms with Crippen LogP contribution in [0.3, 0.4) is 0 Å². The summed E-state index contributed by atoms with van der Waals surface area (Å²) in [5, 5.41) is 13.5. The first kappa shape index (κ1) is 19.6. The van der Waals surface area contributed by atoms with Crippen molar-refractivity contribution in [1.29, 1.82) is 0 Å². The number of aromatic nitrogens is 2. The lowest BCUT2D eigenvalue weighted by Crippen LogP contribution is -2.26. The topological polar surface area (TPSA) is 99.3 Å². The zero-order valence-corrected chi connectivity index (χ0v) is 14.9. The molecule has 0 saturated heterocycles. The van der Waals surface area contributed by atoms with E-state index in [4.69, 9.17) is 4.74 Å². The van der Waals surface area contributed by atoms with Gasteiger partial charge in [0.05, 0.1) is 6.61 Å². The number of hydrogen-bond acceptors (Lipinski definition) is 5. The average Bonchev–Trinajstić information content (AvgIpc) is 3.01. The van der Waals surface area contributed by atoms with Crippen LogP contribution in [0.2, 0.25) is 0 Å². The summed E-state index contributed by atoms with van der Waals surface area (Å²) < 4.78 is 7.18. The minimum atomic E-state index is -0.540. The van der Waals surface area contributed by atoms with Gasteiger partial charge in [-0.25, -0.2) is 0 Å². The van der Waals surface area contributed by atoms with Crippen molar-refractivity contribution in [2.45, 2.75) is 32.7 Å². The fourth-order valence-corrected chi connectivity index (χ4v) is 2.46. The number of carbonyl (C=O) groups is 1. The molecule has 0 unspecified atom stereocenters. The number of ether oxygens (including phenoxy) is 1. The van der Waals surface area contributed by atoms with E-state index < -0.39 is 4.92 Å². The summed E-state index contributed by atoms with van der Waals surface area (Å²) >= 11 is 0. The Morgan fingerprint density at radius 1 is 1.31 bits per heavy atom. The number of benzene rings is 1. The Morgan fingerprint density at radius 3 is 2.77 bits per heavy atom. The lowest BCUT2D eigenvalue weighted by molar-refractivity contribution is -0.389. The molecule has 1 aromatic heterocycles. The van der Waals surface area contributed by atoms with Crippen molar-refractivity contribution in [1.82, 2.24) is 14.9 Å². The largest absolute Gasteiger partial charge is 0.381 e. The molecule has 1 aromatic carbocycles. The van der Waals surface area contributed by atoms with Gasteiger partial charge in [0, 0.05) is 33.0 Å². The summed E-state index contributed by atoms with van der Waals surface area (Å²) in [6.45, 7) is 3.85. The van der Waals surface area contributed by atoms with E-state index in [-0.39, 0.29) is 18.1 Å². The number of aryl methyl sites for hydroxylation is 2. The molecule has 26 heavy (non-hydrogen) atoms. The molecule has 0 atom stereocenters. The number of rotatable bonds is 11. The number of nitrogens with zero attached hydrogens (tertiary/aromatic N) is 3. The van der Waals surface area contributed by atoms with Crippen LogP contribution in [-0.4, -0.2) is 40.1 Å². The van der Waals surface area contributed by atoms with E-state index in [0.717, 1.165) is 12.8 Å². The number of amides is 1. The van der Waals surface area contributed by atoms with Crippen molar-refractivity contribution in [3.05, 3.63) is 58.0 Å². The van der Waals surface area contributed by atoms with Gasteiger partial charge in [0.2, 0.25) is 11.7 Å². The molecule has 8 heteroatoms. The number of carbonyl (C=O) groups excluding carboxylic acids is 1. The fraction of sp³-hybridized carbons (Fsp3) is 0.444. The molecule has 1 heterocycles.